The van der Waals surface area contributed by atoms with E-state index in [2.05, 4.69) is 54.4 Å². The summed E-state index contributed by atoms with van der Waals surface area (Å²) in [7, 11) is 0. The van der Waals surface area contributed by atoms with E-state index in [0.717, 1.165) is 12.5 Å². The number of piperidine rings is 1. The van der Waals surface area contributed by atoms with Gasteiger partial charge in [-0.3, -0.25) is 0 Å². The molecule has 0 bridgehead atoms. The first-order valence-corrected chi connectivity index (χ1v) is 8.27. The first-order valence-electron chi connectivity index (χ1n) is 8.27. The van der Waals surface area contributed by atoms with E-state index in [9.17, 15) is 0 Å². The van der Waals surface area contributed by atoms with Crippen LogP contribution in [0.5, 0.6) is 0 Å². The summed E-state index contributed by atoms with van der Waals surface area (Å²) in [6.07, 6.45) is 5.20. The van der Waals surface area contributed by atoms with Crippen LogP contribution < -0.4 is 5.32 Å². The van der Waals surface area contributed by atoms with Crippen molar-refractivity contribution in [2.75, 3.05) is 26.2 Å². The molecule has 1 fully saturated rings. The predicted molar refractivity (Wildman–Crippen MR) is 87.1 cm³/mol. The molecular weight excluding hydrogens is 244 g/mol. The van der Waals surface area contributed by atoms with Crippen LogP contribution >= 0.6 is 0 Å². The van der Waals surface area contributed by atoms with Crippen LogP contribution in [0.4, 0.5) is 0 Å². The molecule has 2 rings (SSSR count). The van der Waals surface area contributed by atoms with Crippen LogP contribution in [0.25, 0.3) is 0 Å². The van der Waals surface area contributed by atoms with Crippen molar-refractivity contribution in [3.8, 4) is 0 Å². The van der Waals surface area contributed by atoms with Crippen molar-refractivity contribution in [3.63, 3.8) is 0 Å². The fourth-order valence-corrected chi connectivity index (χ4v) is 2.97. The van der Waals surface area contributed by atoms with E-state index in [4.69, 9.17) is 0 Å². The lowest BCUT2D eigenvalue weighted by Crippen LogP contribution is -2.40. The maximum Gasteiger partial charge on any atom is 0.0107 e. The van der Waals surface area contributed by atoms with Crippen LogP contribution in [0.2, 0.25) is 0 Å². The van der Waals surface area contributed by atoms with Gasteiger partial charge in [0.05, 0.1) is 0 Å². The maximum absolute atomic E-state index is 3.59. The summed E-state index contributed by atoms with van der Waals surface area (Å²) in [6.45, 7) is 9.42. The molecule has 1 atom stereocenters. The molecule has 0 aromatic heterocycles. The second kappa shape index (κ2) is 8.43. The number of hydrogen-bond acceptors (Lipinski definition) is 2. The van der Waals surface area contributed by atoms with E-state index in [1.54, 1.807) is 0 Å². The Balaban J connectivity index is 1.63. The molecule has 2 nitrogen and oxygen atoms in total. The Bertz CT molecular complexity index is 355. The van der Waals surface area contributed by atoms with Gasteiger partial charge in [0.25, 0.3) is 0 Å². The normalized spacial score (nSPS) is 19.1. The lowest BCUT2D eigenvalue weighted by Gasteiger charge is -2.32. The van der Waals surface area contributed by atoms with E-state index in [0.29, 0.717) is 6.04 Å². The number of benzene rings is 1. The average molecular weight is 274 g/mol. The summed E-state index contributed by atoms with van der Waals surface area (Å²) in [5.41, 5.74) is 1.50. The zero-order valence-electron chi connectivity index (χ0n) is 13.1. The largest absolute Gasteiger partial charge is 0.313 e. The van der Waals surface area contributed by atoms with Gasteiger partial charge >= 0.3 is 0 Å². The summed E-state index contributed by atoms with van der Waals surface area (Å²) in [5, 5.41) is 3.59. The Hall–Kier alpha value is -0.860. The highest BCUT2D eigenvalue weighted by molar-refractivity contribution is 5.15. The summed E-state index contributed by atoms with van der Waals surface area (Å²) in [4.78, 5) is 2.62. The molecule has 0 spiro atoms. The molecule has 112 valence electrons. The molecule has 2 heteroatoms. The minimum atomic E-state index is 0.658. The standard InChI is InChI=1S/C18H30N2/c1-3-16(2)19-11-14-20-12-9-18(10-13-20)15-17-7-5-4-6-8-17/h4-8,16,18-19H,3,9-15H2,1-2H3. The van der Waals surface area contributed by atoms with Gasteiger partial charge in [0, 0.05) is 19.1 Å². The molecule has 1 saturated heterocycles. The molecule has 1 N–H and O–H groups in total. The Morgan fingerprint density at radius 3 is 2.55 bits per heavy atom. The highest BCUT2D eigenvalue weighted by Gasteiger charge is 2.18. The summed E-state index contributed by atoms with van der Waals surface area (Å²) in [6, 6.07) is 11.6. The third-order valence-electron chi connectivity index (χ3n) is 4.61. The number of hydrogen-bond donors (Lipinski definition) is 1. The van der Waals surface area contributed by atoms with Crippen LogP contribution in [0.3, 0.4) is 0 Å². The van der Waals surface area contributed by atoms with Gasteiger partial charge in [-0.05, 0) is 57.2 Å². The Labute approximate surface area is 124 Å². The van der Waals surface area contributed by atoms with Crippen molar-refractivity contribution in [2.45, 2.75) is 45.6 Å². The molecular formula is C18H30N2. The number of likely N-dealkylation sites (tertiary alicyclic amines) is 1. The van der Waals surface area contributed by atoms with Crippen molar-refractivity contribution < 1.29 is 0 Å². The van der Waals surface area contributed by atoms with Crippen LogP contribution in [0.15, 0.2) is 30.3 Å². The zero-order valence-corrected chi connectivity index (χ0v) is 13.1. The Morgan fingerprint density at radius 2 is 1.90 bits per heavy atom. The lowest BCUT2D eigenvalue weighted by atomic mass is 9.90. The molecule has 1 heterocycles. The van der Waals surface area contributed by atoms with Crippen LogP contribution in [0.1, 0.15) is 38.7 Å². The van der Waals surface area contributed by atoms with Gasteiger partial charge in [-0.1, -0.05) is 37.3 Å². The molecule has 0 saturated carbocycles. The van der Waals surface area contributed by atoms with Crippen molar-refractivity contribution in [2.24, 2.45) is 5.92 Å². The average Bonchev–Trinajstić information content (AvgIpc) is 2.50. The van der Waals surface area contributed by atoms with Gasteiger partial charge in [0.15, 0.2) is 0 Å². The first kappa shape index (κ1) is 15.5. The molecule has 1 unspecified atom stereocenters. The van der Waals surface area contributed by atoms with Crippen molar-refractivity contribution in [3.05, 3.63) is 35.9 Å². The number of nitrogens with one attached hydrogen (secondary N) is 1. The van der Waals surface area contributed by atoms with Crippen LogP contribution in [0, 0.1) is 5.92 Å². The molecule has 20 heavy (non-hydrogen) atoms. The fraction of sp³-hybridized carbons (Fsp3) is 0.667. The molecule has 1 aromatic carbocycles. The van der Waals surface area contributed by atoms with Crippen LogP contribution in [-0.4, -0.2) is 37.1 Å². The molecule has 0 amide bonds. The monoisotopic (exact) mass is 274 g/mol. The Kier molecular flexibility index (Phi) is 6.55. The molecule has 0 radical (unpaired) electrons. The summed E-state index contributed by atoms with van der Waals surface area (Å²) >= 11 is 0. The fourth-order valence-electron chi connectivity index (χ4n) is 2.97. The minimum absolute atomic E-state index is 0.658. The Morgan fingerprint density at radius 1 is 1.20 bits per heavy atom. The number of rotatable bonds is 7. The van der Waals surface area contributed by atoms with Gasteiger partial charge in [0.2, 0.25) is 0 Å². The van der Waals surface area contributed by atoms with E-state index >= 15 is 0 Å². The third kappa shape index (κ3) is 5.26. The third-order valence-corrected chi connectivity index (χ3v) is 4.61. The quantitative estimate of drug-likeness (QED) is 0.820. The smallest absolute Gasteiger partial charge is 0.0107 e. The summed E-state index contributed by atoms with van der Waals surface area (Å²) in [5.74, 6) is 0.885. The highest BCUT2D eigenvalue weighted by Crippen LogP contribution is 2.21. The van der Waals surface area contributed by atoms with Gasteiger partial charge < -0.3 is 10.2 Å². The van der Waals surface area contributed by atoms with Crippen molar-refractivity contribution >= 4 is 0 Å². The predicted octanol–water partition coefficient (Wildman–Crippen LogP) is 3.33. The second-order valence-electron chi connectivity index (χ2n) is 6.24. The minimum Gasteiger partial charge on any atom is -0.313 e. The lowest BCUT2D eigenvalue weighted by molar-refractivity contribution is 0.183. The van der Waals surface area contributed by atoms with Gasteiger partial charge in [-0.15, -0.1) is 0 Å². The first-order chi connectivity index (χ1) is 9.78. The van der Waals surface area contributed by atoms with Gasteiger partial charge in [0.1, 0.15) is 0 Å². The van der Waals surface area contributed by atoms with E-state index in [-0.39, 0.29) is 0 Å². The number of nitrogens with zero attached hydrogens (tertiary/aromatic N) is 1. The summed E-state index contributed by atoms with van der Waals surface area (Å²) < 4.78 is 0. The second-order valence-corrected chi connectivity index (χ2v) is 6.24. The van der Waals surface area contributed by atoms with E-state index in [1.807, 2.05) is 0 Å². The molecule has 1 aliphatic rings. The molecule has 1 aliphatic heterocycles. The maximum atomic E-state index is 3.59. The van der Waals surface area contributed by atoms with E-state index < -0.39 is 0 Å². The van der Waals surface area contributed by atoms with Crippen molar-refractivity contribution in [1.82, 2.24) is 10.2 Å². The van der Waals surface area contributed by atoms with Gasteiger partial charge in [-0.25, -0.2) is 0 Å². The molecule has 0 aliphatic carbocycles. The van der Waals surface area contributed by atoms with Crippen molar-refractivity contribution in [1.29, 1.82) is 0 Å². The topological polar surface area (TPSA) is 15.3 Å². The van der Waals surface area contributed by atoms with Gasteiger partial charge in [-0.2, -0.15) is 0 Å². The molecule has 1 aromatic rings. The zero-order chi connectivity index (χ0) is 14.2. The van der Waals surface area contributed by atoms with E-state index in [1.165, 1.54) is 50.9 Å². The SMILES string of the molecule is CCC(C)NCCN1CCC(Cc2ccccc2)CC1. The highest BCUT2D eigenvalue weighted by atomic mass is 15.1. The van der Waals surface area contributed by atoms with Crippen LogP contribution in [-0.2, 0) is 6.42 Å².